The molecule has 23 heavy (non-hydrogen) atoms. The highest BCUT2D eigenvalue weighted by molar-refractivity contribution is 7.89. The molecule has 0 amide bonds. The molecule has 0 fully saturated rings. The summed E-state index contributed by atoms with van der Waals surface area (Å²) in [5.74, 6) is 0. The van der Waals surface area contributed by atoms with Gasteiger partial charge in [0.15, 0.2) is 0 Å². The van der Waals surface area contributed by atoms with E-state index in [2.05, 4.69) is 4.72 Å². The molecule has 1 rings (SSSR count). The van der Waals surface area contributed by atoms with E-state index in [1.807, 2.05) is 6.92 Å². The number of hydrogen-bond acceptors (Lipinski definition) is 4. The molecule has 1 aromatic carbocycles. The summed E-state index contributed by atoms with van der Waals surface area (Å²) in [5.41, 5.74) is 0. The SMILES string of the molecule is CCCCCN(CCNS(=O)(=O)c1ccccc1Cl)S(C)(=O)=O. The van der Waals surface area contributed by atoms with E-state index in [1.54, 1.807) is 12.1 Å². The quantitative estimate of drug-likeness (QED) is 0.628. The van der Waals surface area contributed by atoms with Gasteiger partial charge in [0.25, 0.3) is 0 Å². The molecule has 0 spiro atoms. The molecule has 0 aliphatic rings. The summed E-state index contributed by atoms with van der Waals surface area (Å²) in [5, 5.41) is 0.128. The first-order chi connectivity index (χ1) is 10.7. The highest BCUT2D eigenvalue weighted by Crippen LogP contribution is 2.19. The van der Waals surface area contributed by atoms with Crippen molar-refractivity contribution in [2.75, 3.05) is 25.9 Å². The molecule has 0 heterocycles. The van der Waals surface area contributed by atoms with Crippen LogP contribution in [0.1, 0.15) is 26.2 Å². The zero-order valence-electron chi connectivity index (χ0n) is 13.3. The highest BCUT2D eigenvalue weighted by Gasteiger charge is 2.20. The fourth-order valence-corrected chi connectivity index (χ4v) is 4.45. The van der Waals surface area contributed by atoms with Crippen molar-refractivity contribution in [1.29, 1.82) is 0 Å². The number of nitrogens with zero attached hydrogens (tertiary/aromatic N) is 1. The van der Waals surface area contributed by atoms with E-state index in [9.17, 15) is 16.8 Å². The molecule has 0 aromatic heterocycles. The molecule has 0 aliphatic carbocycles. The Morgan fingerprint density at radius 3 is 2.30 bits per heavy atom. The predicted octanol–water partition coefficient (Wildman–Crippen LogP) is 2.07. The van der Waals surface area contributed by atoms with Crippen LogP contribution in [0.3, 0.4) is 0 Å². The van der Waals surface area contributed by atoms with Crippen LogP contribution < -0.4 is 4.72 Å². The molecule has 6 nitrogen and oxygen atoms in total. The van der Waals surface area contributed by atoms with E-state index in [-0.39, 0.29) is 23.0 Å². The molecule has 0 saturated heterocycles. The van der Waals surface area contributed by atoms with Gasteiger partial charge in [0.1, 0.15) is 4.90 Å². The van der Waals surface area contributed by atoms with Crippen LogP contribution in [-0.2, 0) is 20.0 Å². The second-order valence-electron chi connectivity index (χ2n) is 5.20. The molecule has 0 atom stereocenters. The molecule has 1 N–H and O–H groups in total. The van der Waals surface area contributed by atoms with Crippen molar-refractivity contribution in [2.24, 2.45) is 0 Å². The van der Waals surface area contributed by atoms with Crippen molar-refractivity contribution in [3.63, 3.8) is 0 Å². The van der Waals surface area contributed by atoms with Crippen LogP contribution in [0.15, 0.2) is 29.2 Å². The van der Waals surface area contributed by atoms with Gasteiger partial charge in [-0.05, 0) is 18.6 Å². The zero-order valence-corrected chi connectivity index (χ0v) is 15.7. The Kier molecular flexibility index (Phi) is 7.96. The summed E-state index contributed by atoms with van der Waals surface area (Å²) in [6.45, 7) is 2.50. The van der Waals surface area contributed by atoms with E-state index in [4.69, 9.17) is 11.6 Å². The standard InChI is InChI=1S/C14H23ClN2O4S2/c1-3-4-7-11-17(22(2,18)19)12-10-16-23(20,21)14-9-6-5-8-13(14)15/h5-6,8-9,16H,3-4,7,10-12H2,1-2H3. The minimum Gasteiger partial charge on any atom is -0.213 e. The van der Waals surface area contributed by atoms with Crippen LogP contribution in [0, 0.1) is 0 Å². The lowest BCUT2D eigenvalue weighted by molar-refractivity contribution is 0.405. The molecule has 1 aromatic rings. The van der Waals surface area contributed by atoms with Crippen molar-refractivity contribution in [1.82, 2.24) is 9.03 Å². The van der Waals surface area contributed by atoms with Gasteiger partial charge in [-0.25, -0.2) is 25.9 Å². The number of unbranched alkanes of at least 4 members (excludes halogenated alkanes) is 2. The number of hydrogen-bond donors (Lipinski definition) is 1. The fourth-order valence-electron chi connectivity index (χ4n) is 2.03. The van der Waals surface area contributed by atoms with Crippen molar-refractivity contribution < 1.29 is 16.8 Å². The average molecular weight is 383 g/mol. The van der Waals surface area contributed by atoms with Crippen molar-refractivity contribution in [2.45, 2.75) is 31.1 Å². The number of halogens is 1. The van der Waals surface area contributed by atoms with Crippen LogP contribution in [0.25, 0.3) is 0 Å². The summed E-state index contributed by atoms with van der Waals surface area (Å²) in [7, 11) is -7.12. The third-order valence-corrected chi connectivity index (χ3v) is 6.52. The van der Waals surface area contributed by atoms with Gasteiger partial charge in [0.05, 0.1) is 11.3 Å². The molecule has 9 heteroatoms. The van der Waals surface area contributed by atoms with Crippen molar-refractivity contribution in [3.05, 3.63) is 29.3 Å². The minimum atomic E-state index is -3.76. The van der Waals surface area contributed by atoms with Gasteiger partial charge in [-0.15, -0.1) is 0 Å². The first-order valence-electron chi connectivity index (χ1n) is 7.38. The second kappa shape index (κ2) is 8.98. The van der Waals surface area contributed by atoms with E-state index in [0.29, 0.717) is 6.54 Å². The molecule has 132 valence electrons. The Labute approximate surface area is 143 Å². The molecular formula is C14H23ClN2O4S2. The Morgan fingerprint density at radius 1 is 1.09 bits per heavy atom. The van der Waals surface area contributed by atoms with Gasteiger partial charge in [-0.3, -0.25) is 0 Å². The molecular weight excluding hydrogens is 360 g/mol. The normalized spacial score (nSPS) is 12.7. The Morgan fingerprint density at radius 2 is 1.74 bits per heavy atom. The summed E-state index contributed by atoms with van der Waals surface area (Å²) in [6, 6.07) is 6.11. The lowest BCUT2D eigenvalue weighted by Crippen LogP contribution is -2.38. The van der Waals surface area contributed by atoms with E-state index in [1.165, 1.54) is 16.4 Å². The van der Waals surface area contributed by atoms with Crippen molar-refractivity contribution >= 4 is 31.6 Å². The Balaban J connectivity index is 2.67. The lowest BCUT2D eigenvalue weighted by Gasteiger charge is -2.20. The minimum absolute atomic E-state index is 0.00719. The molecule has 0 bridgehead atoms. The maximum absolute atomic E-state index is 12.2. The highest BCUT2D eigenvalue weighted by atomic mass is 35.5. The summed E-state index contributed by atoms with van der Waals surface area (Å²) in [4.78, 5) is -0.0152. The molecule has 0 aliphatic heterocycles. The first kappa shape index (κ1) is 20.4. The fraction of sp³-hybridized carbons (Fsp3) is 0.571. The third-order valence-electron chi connectivity index (χ3n) is 3.26. The third kappa shape index (κ3) is 6.76. The van der Waals surface area contributed by atoms with E-state index >= 15 is 0 Å². The largest absolute Gasteiger partial charge is 0.242 e. The predicted molar refractivity (Wildman–Crippen MR) is 92.6 cm³/mol. The summed E-state index contributed by atoms with van der Waals surface area (Å²) < 4.78 is 51.5. The summed E-state index contributed by atoms with van der Waals surface area (Å²) in [6.07, 6.45) is 3.79. The van der Waals surface area contributed by atoms with Gasteiger partial charge in [-0.1, -0.05) is 43.5 Å². The van der Waals surface area contributed by atoms with Crippen LogP contribution in [0.5, 0.6) is 0 Å². The Bertz CT molecular complexity index is 705. The van der Waals surface area contributed by atoms with Crippen LogP contribution in [0.2, 0.25) is 5.02 Å². The first-order valence-corrected chi connectivity index (χ1v) is 11.1. The van der Waals surface area contributed by atoms with Crippen LogP contribution in [0.4, 0.5) is 0 Å². The Hall–Kier alpha value is -0.670. The van der Waals surface area contributed by atoms with Gasteiger partial charge >= 0.3 is 0 Å². The number of nitrogens with one attached hydrogen (secondary N) is 1. The van der Waals surface area contributed by atoms with E-state index in [0.717, 1.165) is 25.5 Å². The topological polar surface area (TPSA) is 83.6 Å². The molecule has 0 saturated carbocycles. The van der Waals surface area contributed by atoms with Gasteiger partial charge < -0.3 is 0 Å². The van der Waals surface area contributed by atoms with Crippen molar-refractivity contribution in [3.8, 4) is 0 Å². The van der Waals surface area contributed by atoms with Crippen LogP contribution in [-0.4, -0.2) is 47.0 Å². The van der Waals surface area contributed by atoms with E-state index < -0.39 is 20.0 Å². The van der Waals surface area contributed by atoms with Gasteiger partial charge in [0.2, 0.25) is 20.0 Å². The maximum Gasteiger partial charge on any atom is 0.242 e. The van der Waals surface area contributed by atoms with Crippen LogP contribution >= 0.6 is 11.6 Å². The number of rotatable bonds is 10. The van der Waals surface area contributed by atoms with Gasteiger partial charge in [0, 0.05) is 19.6 Å². The molecule has 0 unspecified atom stereocenters. The molecule has 0 radical (unpaired) electrons. The number of benzene rings is 1. The summed E-state index contributed by atoms with van der Waals surface area (Å²) >= 11 is 5.88. The lowest BCUT2D eigenvalue weighted by atomic mass is 10.2. The number of sulfonamides is 2. The second-order valence-corrected chi connectivity index (χ2v) is 9.32. The zero-order chi connectivity index (χ0) is 17.5. The smallest absolute Gasteiger partial charge is 0.213 e. The maximum atomic E-state index is 12.2. The monoisotopic (exact) mass is 382 g/mol. The average Bonchev–Trinajstić information content (AvgIpc) is 2.45. The van der Waals surface area contributed by atoms with Gasteiger partial charge in [-0.2, -0.15) is 0 Å².